The summed E-state index contributed by atoms with van der Waals surface area (Å²) in [4.78, 5) is 11.8. The van der Waals surface area contributed by atoms with Gasteiger partial charge in [0.15, 0.2) is 0 Å². The minimum Gasteiger partial charge on any atom is -0.444 e. The van der Waals surface area contributed by atoms with E-state index in [0.717, 1.165) is 11.1 Å². The zero-order valence-electron chi connectivity index (χ0n) is 13.5. The Bertz CT molecular complexity index is 626. The molecule has 0 heterocycles. The van der Waals surface area contributed by atoms with Crippen molar-refractivity contribution in [1.82, 2.24) is 0 Å². The lowest BCUT2D eigenvalue weighted by Crippen LogP contribution is -2.14. The fourth-order valence-electron chi connectivity index (χ4n) is 2.28. The Labute approximate surface area is 137 Å². The fourth-order valence-corrected chi connectivity index (χ4v) is 2.28. The molecule has 2 N–H and O–H groups in total. The summed E-state index contributed by atoms with van der Waals surface area (Å²) in [5.74, 6) is 0.400. The molecule has 4 nitrogen and oxygen atoms in total. The van der Waals surface area contributed by atoms with Gasteiger partial charge in [-0.25, -0.2) is 4.79 Å². The van der Waals surface area contributed by atoms with E-state index in [0.29, 0.717) is 18.0 Å². The van der Waals surface area contributed by atoms with Gasteiger partial charge in [0, 0.05) is 5.69 Å². The van der Waals surface area contributed by atoms with Crippen LogP contribution in [-0.4, -0.2) is 11.2 Å². The molecule has 0 aliphatic rings. The maximum Gasteiger partial charge on any atom is 0.411 e. The monoisotopic (exact) mass is 313 g/mol. The molecule has 0 fully saturated rings. The molecule has 4 heteroatoms. The van der Waals surface area contributed by atoms with Crippen molar-refractivity contribution in [3.05, 3.63) is 65.7 Å². The quantitative estimate of drug-likeness (QED) is 0.824. The average molecular weight is 313 g/mol. The third-order valence-electron chi connectivity index (χ3n) is 3.43. The number of hydrogen-bond donors (Lipinski definition) is 2. The van der Waals surface area contributed by atoms with Crippen molar-refractivity contribution >= 4 is 11.8 Å². The third kappa shape index (κ3) is 5.75. The molecule has 0 bridgehead atoms. The summed E-state index contributed by atoms with van der Waals surface area (Å²) >= 11 is 0. The van der Waals surface area contributed by atoms with E-state index in [2.05, 4.69) is 19.2 Å². The lowest BCUT2D eigenvalue weighted by molar-refractivity contribution is 0.150. The average Bonchev–Trinajstić information content (AvgIpc) is 2.53. The van der Waals surface area contributed by atoms with Gasteiger partial charge in [-0.1, -0.05) is 56.3 Å². The predicted molar refractivity (Wildman–Crippen MR) is 91.1 cm³/mol. The van der Waals surface area contributed by atoms with Gasteiger partial charge in [0.05, 0.1) is 6.10 Å². The van der Waals surface area contributed by atoms with Gasteiger partial charge in [-0.3, -0.25) is 5.32 Å². The molecule has 23 heavy (non-hydrogen) atoms. The summed E-state index contributed by atoms with van der Waals surface area (Å²) in [5.41, 5.74) is 2.34. The summed E-state index contributed by atoms with van der Waals surface area (Å²) in [6.45, 7) is 4.35. The van der Waals surface area contributed by atoms with Crippen molar-refractivity contribution in [1.29, 1.82) is 0 Å². The van der Waals surface area contributed by atoms with Crippen molar-refractivity contribution in [2.24, 2.45) is 5.92 Å². The number of aliphatic hydroxyl groups is 1. The molecular weight excluding hydrogens is 290 g/mol. The molecule has 0 radical (unpaired) electrons. The second kappa shape index (κ2) is 8.34. The lowest BCUT2D eigenvalue weighted by Gasteiger charge is -2.14. The summed E-state index contributed by atoms with van der Waals surface area (Å²) < 4.78 is 5.18. The number of amides is 1. The standard InChI is InChI=1S/C19H23NO3/c1-14(2)11-18(21)16-9-6-10-17(12-16)20-19(22)23-13-15-7-4-3-5-8-15/h3-10,12,14,18,21H,11,13H2,1-2H3,(H,20,22). The molecule has 1 amide bonds. The molecule has 1 unspecified atom stereocenters. The van der Waals surface area contributed by atoms with E-state index in [1.165, 1.54) is 0 Å². The maximum absolute atomic E-state index is 11.8. The van der Waals surface area contributed by atoms with Crippen molar-refractivity contribution in [2.45, 2.75) is 33.0 Å². The molecular formula is C19H23NO3. The second-order valence-corrected chi connectivity index (χ2v) is 5.96. The third-order valence-corrected chi connectivity index (χ3v) is 3.43. The molecule has 0 saturated carbocycles. The molecule has 2 aromatic rings. The Morgan fingerprint density at radius 2 is 1.87 bits per heavy atom. The molecule has 0 spiro atoms. The molecule has 1 atom stereocenters. The summed E-state index contributed by atoms with van der Waals surface area (Å²) in [5, 5.41) is 12.8. The van der Waals surface area contributed by atoms with Gasteiger partial charge in [0.25, 0.3) is 0 Å². The van der Waals surface area contributed by atoms with E-state index >= 15 is 0 Å². The second-order valence-electron chi connectivity index (χ2n) is 5.96. The Morgan fingerprint density at radius 3 is 2.57 bits per heavy atom. The Balaban J connectivity index is 1.90. The van der Waals surface area contributed by atoms with Crippen molar-refractivity contribution in [3.8, 4) is 0 Å². The number of hydrogen-bond acceptors (Lipinski definition) is 3. The highest BCUT2D eigenvalue weighted by atomic mass is 16.5. The SMILES string of the molecule is CC(C)CC(O)c1cccc(NC(=O)OCc2ccccc2)c1. The highest BCUT2D eigenvalue weighted by molar-refractivity contribution is 5.84. The Hall–Kier alpha value is -2.33. The molecule has 122 valence electrons. The first-order valence-electron chi connectivity index (χ1n) is 7.80. The Morgan fingerprint density at radius 1 is 1.13 bits per heavy atom. The Kier molecular flexibility index (Phi) is 6.18. The number of carbonyl (C=O) groups excluding carboxylic acids is 1. The lowest BCUT2D eigenvalue weighted by atomic mass is 9.99. The first-order chi connectivity index (χ1) is 11.0. The summed E-state index contributed by atoms with van der Waals surface area (Å²) in [6.07, 6.45) is -0.358. The van der Waals surface area contributed by atoms with Crippen LogP contribution >= 0.6 is 0 Å². The normalized spacial score (nSPS) is 12.0. The summed E-state index contributed by atoms with van der Waals surface area (Å²) in [6, 6.07) is 16.7. The number of benzene rings is 2. The number of aliphatic hydroxyl groups excluding tert-OH is 1. The first-order valence-corrected chi connectivity index (χ1v) is 7.80. The van der Waals surface area contributed by atoms with Crippen LogP contribution in [0.3, 0.4) is 0 Å². The van der Waals surface area contributed by atoms with E-state index in [1.807, 2.05) is 42.5 Å². The molecule has 0 saturated heterocycles. The topological polar surface area (TPSA) is 58.6 Å². The minimum atomic E-state index is -0.530. The fraction of sp³-hybridized carbons (Fsp3) is 0.316. The van der Waals surface area contributed by atoms with Crippen LogP contribution in [0.2, 0.25) is 0 Å². The molecule has 2 aromatic carbocycles. The highest BCUT2D eigenvalue weighted by Crippen LogP contribution is 2.23. The number of carbonyl (C=O) groups is 1. The van der Waals surface area contributed by atoms with E-state index in [4.69, 9.17) is 4.74 Å². The van der Waals surface area contributed by atoms with Gasteiger partial charge in [-0.15, -0.1) is 0 Å². The van der Waals surface area contributed by atoms with Crippen LogP contribution in [0.25, 0.3) is 0 Å². The molecule has 0 aliphatic heterocycles. The van der Waals surface area contributed by atoms with E-state index < -0.39 is 12.2 Å². The van der Waals surface area contributed by atoms with E-state index in [-0.39, 0.29) is 6.61 Å². The van der Waals surface area contributed by atoms with Crippen LogP contribution < -0.4 is 5.32 Å². The number of rotatable bonds is 6. The largest absolute Gasteiger partial charge is 0.444 e. The predicted octanol–water partition coefficient (Wildman–Crippen LogP) is 4.51. The van der Waals surface area contributed by atoms with Gasteiger partial charge in [-0.05, 0) is 35.6 Å². The van der Waals surface area contributed by atoms with Crippen molar-refractivity contribution in [2.75, 3.05) is 5.32 Å². The maximum atomic E-state index is 11.8. The van der Waals surface area contributed by atoms with Gasteiger partial charge in [0.2, 0.25) is 0 Å². The number of anilines is 1. The molecule has 0 aromatic heterocycles. The first kappa shape index (κ1) is 17.0. The van der Waals surface area contributed by atoms with Gasteiger partial charge in [0.1, 0.15) is 6.61 Å². The minimum absolute atomic E-state index is 0.225. The van der Waals surface area contributed by atoms with Gasteiger partial charge < -0.3 is 9.84 Å². The smallest absolute Gasteiger partial charge is 0.411 e. The number of nitrogens with one attached hydrogen (secondary N) is 1. The van der Waals surface area contributed by atoms with E-state index in [9.17, 15) is 9.90 Å². The molecule has 0 aliphatic carbocycles. The molecule has 2 rings (SSSR count). The van der Waals surface area contributed by atoms with Crippen molar-refractivity contribution < 1.29 is 14.6 Å². The van der Waals surface area contributed by atoms with Gasteiger partial charge >= 0.3 is 6.09 Å². The van der Waals surface area contributed by atoms with Crippen LogP contribution in [0.4, 0.5) is 10.5 Å². The highest BCUT2D eigenvalue weighted by Gasteiger charge is 2.11. The van der Waals surface area contributed by atoms with Crippen LogP contribution in [0.1, 0.15) is 37.5 Å². The van der Waals surface area contributed by atoms with E-state index in [1.54, 1.807) is 12.1 Å². The number of ether oxygens (including phenoxy) is 1. The summed E-state index contributed by atoms with van der Waals surface area (Å²) in [7, 11) is 0. The van der Waals surface area contributed by atoms with Crippen LogP contribution in [0, 0.1) is 5.92 Å². The van der Waals surface area contributed by atoms with Gasteiger partial charge in [-0.2, -0.15) is 0 Å². The van der Waals surface area contributed by atoms with Crippen LogP contribution in [0.5, 0.6) is 0 Å². The van der Waals surface area contributed by atoms with Crippen LogP contribution in [-0.2, 0) is 11.3 Å². The van der Waals surface area contributed by atoms with Crippen molar-refractivity contribution in [3.63, 3.8) is 0 Å². The zero-order valence-corrected chi connectivity index (χ0v) is 13.5. The van der Waals surface area contributed by atoms with Crippen LogP contribution in [0.15, 0.2) is 54.6 Å². The zero-order chi connectivity index (χ0) is 16.7.